The van der Waals surface area contributed by atoms with Crippen LogP contribution in [0.5, 0.6) is 0 Å². The molecule has 1 aliphatic heterocycles. The van der Waals surface area contributed by atoms with Crippen molar-refractivity contribution in [3.05, 3.63) is 0 Å². The molecule has 1 heterocycles. The molecule has 0 aromatic carbocycles. The lowest BCUT2D eigenvalue weighted by atomic mass is 10.2. The number of halogens is 1. The van der Waals surface area contributed by atoms with Gasteiger partial charge < -0.3 is 10.2 Å². The average molecular weight is 312 g/mol. The molecule has 0 radical (unpaired) electrons. The van der Waals surface area contributed by atoms with Gasteiger partial charge in [0.1, 0.15) is 6.04 Å². The summed E-state index contributed by atoms with van der Waals surface area (Å²) in [6, 6.07) is -0.102. The summed E-state index contributed by atoms with van der Waals surface area (Å²) in [6.45, 7) is 1.69. The van der Waals surface area contributed by atoms with Crippen molar-refractivity contribution < 1.29 is 4.79 Å². The summed E-state index contributed by atoms with van der Waals surface area (Å²) in [5, 5.41) is 3.70. The van der Waals surface area contributed by atoms with Crippen molar-refractivity contribution >= 4 is 47.4 Å². The molecule has 1 aliphatic rings. The number of nitrogens with zero attached hydrogens (tertiary/aromatic N) is 2. The van der Waals surface area contributed by atoms with Gasteiger partial charge in [-0.3, -0.25) is 9.69 Å². The first-order valence-electron chi connectivity index (χ1n) is 5.81. The number of carbonyl (C=O) groups is 1. The average Bonchev–Trinajstić information content (AvgIpc) is 2.53. The quantitative estimate of drug-likeness (QED) is 0.715. The Morgan fingerprint density at radius 3 is 2.72 bits per heavy atom. The maximum atomic E-state index is 12.1. The maximum Gasteiger partial charge on any atom is 0.251 e. The van der Waals surface area contributed by atoms with Gasteiger partial charge in [-0.25, -0.2) is 0 Å². The van der Waals surface area contributed by atoms with Gasteiger partial charge in [0.15, 0.2) is 5.11 Å². The van der Waals surface area contributed by atoms with Crippen LogP contribution in [-0.4, -0.2) is 66.1 Å². The molecule has 0 aromatic rings. The minimum atomic E-state index is -0.102. The zero-order valence-corrected chi connectivity index (χ0v) is 13.6. The fraction of sp³-hybridized carbons (Fsp3) is 0.818. The van der Waals surface area contributed by atoms with Crippen LogP contribution in [0.1, 0.15) is 12.8 Å². The smallest absolute Gasteiger partial charge is 0.251 e. The van der Waals surface area contributed by atoms with E-state index in [0.717, 1.165) is 31.7 Å². The minimum absolute atomic E-state index is 0. The molecular weight excluding hydrogens is 290 g/mol. The normalized spacial score (nSPS) is 19.1. The number of thioether (sulfide) groups is 1. The molecule has 4 nitrogen and oxygen atoms in total. The number of hydrogen-bond donors (Lipinski definition) is 1. The van der Waals surface area contributed by atoms with Crippen LogP contribution in [0, 0.1) is 0 Å². The molecule has 1 saturated heterocycles. The van der Waals surface area contributed by atoms with Crippen LogP contribution in [0.4, 0.5) is 0 Å². The largest absolute Gasteiger partial charge is 0.350 e. The molecule has 0 bridgehead atoms. The molecule has 1 atom stereocenters. The van der Waals surface area contributed by atoms with Crippen molar-refractivity contribution in [1.82, 2.24) is 15.1 Å². The fourth-order valence-electron chi connectivity index (χ4n) is 1.77. The lowest BCUT2D eigenvalue weighted by molar-refractivity contribution is -0.127. The lowest BCUT2D eigenvalue weighted by Gasteiger charge is -2.16. The van der Waals surface area contributed by atoms with E-state index >= 15 is 0 Å². The Bertz CT molecular complexity index is 289. The topological polar surface area (TPSA) is 35.6 Å². The summed E-state index contributed by atoms with van der Waals surface area (Å²) in [4.78, 5) is 15.9. The van der Waals surface area contributed by atoms with E-state index in [2.05, 4.69) is 10.2 Å². The van der Waals surface area contributed by atoms with Crippen LogP contribution in [0.3, 0.4) is 0 Å². The van der Waals surface area contributed by atoms with Gasteiger partial charge in [-0.15, -0.1) is 12.4 Å². The summed E-state index contributed by atoms with van der Waals surface area (Å²) >= 11 is 6.95. The van der Waals surface area contributed by atoms with Crippen LogP contribution in [0.2, 0.25) is 0 Å². The first-order chi connectivity index (χ1) is 8.06. The van der Waals surface area contributed by atoms with E-state index in [1.807, 2.05) is 20.4 Å². The summed E-state index contributed by atoms with van der Waals surface area (Å²) in [7, 11) is 4.06. The monoisotopic (exact) mass is 311 g/mol. The Morgan fingerprint density at radius 1 is 1.50 bits per heavy atom. The Balaban J connectivity index is 0.00000289. The minimum Gasteiger partial charge on any atom is -0.350 e. The van der Waals surface area contributed by atoms with Crippen molar-refractivity contribution in [2.24, 2.45) is 0 Å². The maximum absolute atomic E-state index is 12.1. The van der Waals surface area contributed by atoms with E-state index in [-0.39, 0.29) is 24.4 Å². The molecule has 1 fully saturated rings. The van der Waals surface area contributed by atoms with Gasteiger partial charge >= 0.3 is 0 Å². The molecular formula is C11H22ClN3OS2. The van der Waals surface area contributed by atoms with E-state index in [9.17, 15) is 4.79 Å². The van der Waals surface area contributed by atoms with Gasteiger partial charge in [-0.2, -0.15) is 11.8 Å². The standard InChI is InChI=1S/C11H21N3OS2.ClH/c1-13(2)6-4-7-14-10(15)9(5-8-17-3)12-11(14)16;/h9H,4-8H2,1-3H3,(H,12,16);1H. The van der Waals surface area contributed by atoms with Crippen LogP contribution in [0.15, 0.2) is 0 Å². The van der Waals surface area contributed by atoms with Gasteiger partial charge in [0.25, 0.3) is 5.91 Å². The summed E-state index contributed by atoms with van der Waals surface area (Å²) in [5.41, 5.74) is 0. The molecule has 0 saturated carbocycles. The summed E-state index contributed by atoms with van der Waals surface area (Å²) in [6.07, 6.45) is 3.85. The van der Waals surface area contributed by atoms with Crippen LogP contribution in [0.25, 0.3) is 0 Å². The van der Waals surface area contributed by atoms with E-state index in [0.29, 0.717) is 5.11 Å². The van der Waals surface area contributed by atoms with Gasteiger partial charge in [-0.05, 0) is 57.7 Å². The highest BCUT2D eigenvalue weighted by Crippen LogP contribution is 2.12. The summed E-state index contributed by atoms with van der Waals surface area (Å²) < 4.78 is 0. The number of hydrogen-bond acceptors (Lipinski definition) is 4. The number of rotatable bonds is 7. The second kappa shape index (κ2) is 8.96. The zero-order chi connectivity index (χ0) is 12.8. The van der Waals surface area contributed by atoms with Gasteiger partial charge in [0, 0.05) is 6.54 Å². The predicted octanol–water partition coefficient (Wildman–Crippen LogP) is 1.20. The van der Waals surface area contributed by atoms with Gasteiger partial charge in [0.05, 0.1) is 0 Å². The first kappa shape index (κ1) is 18.0. The molecule has 18 heavy (non-hydrogen) atoms. The number of nitrogens with one attached hydrogen (secondary N) is 1. The van der Waals surface area contributed by atoms with Crippen molar-refractivity contribution in [2.75, 3.05) is 39.2 Å². The third-order valence-electron chi connectivity index (χ3n) is 2.70. The molecule has 1 N–H and O–H groups in total. The van der Waals surface area contributed by atoms with Crippen molar-refractivity contribution in [3.8, 4) is 0 Å². The molecule has 0 aromatic heterocycles. The predicted molar refractivity (Wildman–Crippen MR) is 84.7 cm³/mol. The van der Waals surface area contributed by atoms with Gasteiger partial charge in [0.2, 0.25) is 0 Å². The molecule has 0 spiro atoms. The van der Waals surface area contributed by atoms with E-state index in [1.165, 1.54) is 0 Å². The SMILES string of the molecule is CSCCC1NC(=S)N(CCCN(C)C)C1=O.Cl. The van der Waals surface area contributed by atoms with Crippen molar-refractivity contribution in [1.29, 1.82) is 0 Å². The van der Waals surface area contributed by atoms with Crippen LogP contribution >= 0.6 is 36.4 Å². The highest BCUT2D eigenvalue weighted by atomic mass is 35.5. The Kier molecular flexibility index (Phi) is 8.94. The van der Waals surface area contributed by atoms with E-state index in [4.69, 9.17) is 12.2 Å². The summed E-state index contributed by atoms with van der Waals surface area (Å²) in [5.74, 6) is 1.13. The number of amides is 1. The molecule has 1 unspecified atom stereocenters. The molecule has 1 amide bonds. The second-order valence-corrected chi connectivity index (χ2v) is 5.80. The first-order valence-corrected chi connectivity index (χ1v) is 7.62. The van der Waals surface area contributed by atoms with Gasteiger partial charge in [-0.1, -0.05) is 0 Å². The third kappa shape index (κ3) is 5.30. The molecule has 106 valence electrons. The Labute approximate surface area is 125 Å². The molecule has 1 rings (SSSR count). The van der Waals surface area contributed by atoms with Crippen molar-refractivity contribution in [3.63, 3.8) is 0 Å². The Morgan fingerprint density at radius 2 is 2.17 bits per heavy atom. The Hall–Kier alpha value is -0.0400. The van der Waals surface area contributed by atoms with E-state index in [1.54, 1.807) is 16.7 Å². The highest BCUT2D eigenvalue weighted by molar-refractivity contribution is 7.98. The van der Waals surface area contributed by atoms with Crippen LogP contribution < -0.4 is 5.32 Å². The molecule has 7 heteroatoms. The van der Waals surface area contributed by atoms with Crippen molar-refractivity contribution in [2.45, 2.75) is 18.9 Å². The third-order valence-corrected chi connectivity index (χ3v) is 3.69. The zero-order valence-electron chi connectivity index (χ0n) is 11.1. The fourth-order valence-corrected chi connectivity index (χ4v) is 2.56. The number of thiocarbonyl (C=S) groups is 1. The lowest BCUT2D eigenvalue weighted by Crippen LogP contribution is -2.33. The van der Waals surface area contributed by atoms with E-state index < -0.39 is 0 Å². The van der Waals surface area contributed by atoms with Crippen LogP contribution in [-0.2, 0) is 4.79 Å². The second-order valence-electron chi connectivity index (χ2n) is 4.43. The highest BCUT2D eigenvalue weighted by Gasteiger charge is 2.34. The number of carbonyl (C=O) groups excluding carboxylic acids is 1. The molecule has 0 aliphatic carbocycles.